The van der Waals surface area contributed by atoms with Crippen molar-refractivity contribution < 1.29 is 18.9 Å². The third kappa shape index (κ3) is 21.8. The van der Waals surface area contributed by atoms with Gasteiger partial charge >= 0.3 is 0 Å². The van der Waals surface area contributed by atoms with Crippen LogP contribution in [0.5, 0.6) is 0 Å². The molecule has 0 heterocycles. The van der Waals surface area contributed by atoms with E-state index in [9.17, 15) is 18.9 Å². The van der Waals surface area contributed by atoms with Crippen molar-refractivity contribution in [3.63, 3.8) is 0 Å². The van der Waals surface area contributed by atoms with Crippen LogP contribution in [-0.2, 0) is 14.4 Å². The first-order valence-corrected chi connectivity index (χ1v) is 16.7. The van der Waals surface area contributed by atoms with Crippen LogP contribution in [0.25, 0.3) is 0 Å². The lowest BCUT2D eigenvalue weighted by atomic mass is 10.1. The van der Waals surface area contributed by atoms with Crippen LogP contribution >= 0.6 is 0 Å². The van der Waals surface area contributed by atoms with Crippen LogP contribution in [0.1, 0.15) is 77.0 Å². The lowest BCUT2D eigenvalue weighted by Crippen LogP contribution is -2.47. The minimum atomic E-state index is -0.849. The van der Waals surface area contributed by atoms with Gasteiger partial charge in [-0.15, -0.1) is 9.60 Å². The summed E-state index contributed by atoms with van der Waals surface area (Å²) in [5.74, 6) is -0.225. The van der Waals surface area contributed by atoms with E-state index in [0.717, 1.165) is 71.0 Å². The SMILES string of the molecule is CNCCCCC(C(=O)N(CCCNC(=O)CCCCCN(C)C)CCCNC(=O)C(CCCCN(C)C)N(C)C)N(C)F. The van der Waals surface area contributed by atoms with Crippen LogP contribution in [-0.4, -0.2) is 157 Å². The highest BCUT2D eigenvalue weighted by atomic mass is 19.2. The first-order chi connectivity index (χ1) is 20.9. The van der Waals surface area contributed by atoms with Crippen molar-refractivity contribution in [1.82, 2.24) is 40.7 Å². The van der Waals surface area contributed by atoms with Crippen molar-refractivity contribution in [2.45, 2.75) is 89.1 Å². The highest BCUT2D eigenvalue weighted by Gasteiger charge is 2.28. The van der Waals surface area contributed by atoms with E-state index >= 15 is 0 Å². The maximum absolute atomic E-state index is 14.5. The van der Waals surface area contributed by atoms with Crippen molar-refractivity contribution >= 4 is 17.7 Å². The smallest absolute Gasteiger partial charge is 0.242 e. The summed E-state index contributed by atoms with van der Waals surface area (Å²) in [5.41, 5.74) is 0. The van der Waals surface area contributed by atoms with Crippen molar-refractivity contribution in [2.24, 2.45) is 0 Å². The number of likely N-dealkylation sites (N-methyl/N-ethyl adjacent to an activating group) is 2. The molecule has 3 N–H and O–H groups in total. The van der Waals surface area contributed by atoms with Gasteiger partial charge in [-0.3, -0.25) is 19.3 Å². The van der Waals surface area contributed by atoms with Gasteiger partial charge in [-0.1, -0.05) is 12.8 Å². The van der Waals surface area contributed by atoms with E-state index in [2.05, 4.69) is 25.8 Å². The first-order valence-electron chi connectivity index (χ1n) is 16.7. The van der Waals surface area contributed by atoms with Gasteiger partial charge in [-0.2, -0.15) is 0 Å². The summed E-state index contributed by atoms with van der Waals surface area (Å²) in [6, 6.07) is -1.05. The normalized spacial score (nSPS) is 13.1. The molecular weight excluding hydrogens is 563 g/mol. The molecule has 0 aromatic heterocycles. The summed E-state index contributed by atoms with van der Waals surface area (Å²) in [6.07, 6.45) is 9.44. The third-order valence-corrected chi connectivity index (χ3v) is 7.78. The zero-order valence-corrected chi connectivity index (χ0v) is 29.4. The third-order valence-electron chi connectivity index (χ3n) is 7.78. The summed E-state index contributed by atoms with van der Waals surface area (Å²) < 4.78 is 14.5. The molecule has 260 valence electrons. The quantitative estimate of drug-likeness (QED) is 0.0894. The van der Waals surface area contributed by atoms with Gasteiger partial charge in [0.05, 0.1) is 6.04 Å². The number of hydrogen-bond donors (Lipinski definition) is 3. The topological polar surface area (TPSA) is 103 Å². The molecule has 0 saturated heterocycles. The predicted octanol–water partition coefficient (Wildman–Crippen LogP) is 2.19. The lowest BCUT2D eigenvalue weighted by molar-refractivity contribution is -0.143. The molecule has 12 heteroatoms. The summed E-state index contributed by atoms with van der Waals surface area (Å²) in [6.45, 7) is 4.57. The molecule has 0 bridgehead atoms. The molecule has 0 aromatic carbocycles. The zero-order chi connectivity index (χ0) is 33.3. The summed E-state index contributed by atoms with van der Waals surface area (Å²) in [5, 5.41) is 9.62. The molecular formula is C32H67FN8O3. The molecule has 2 unspecified atom stereocenters. The number of rotatable bonds is 28. The first kappa shape index (κ1) is 42.1. The van der Waals surface area contributed by atoms with E-state index in [4.69, 9.17) is 0 Å². The Hall–Kier alpha value is -1.86. The second-order valence-electron chi connectivity index (χ2n) is 12.7. The van der Waals surface area contributed by atoms with Crippen LogP contribution in [0.3, 0.4) is 0 Å². The van der Waals surface area contributed by atoms with Crippen molar-refractivity contribution in [3.05, 3.63) is 0 Å². The van der Waals surface area contributed by atoms with Gasteiger partial charge in [-0.25, -0.2) is 0 Å². The highest BCUT2D eigenvalue weighted by Crippen LogP contribution is 2.13. The summed E-state index contributed by atoms with van der Waals surface area (Å²) in [7, 11) is 15.2. The number of unbranched alkanes of at least 4 members (excludes halogenated alkanes) is 4. The number of halogens is 1. The van der Waals surface area contributed by atoms with E-state index in [1.54, 1.807) is 4.90 Å². The Kier molecular flexibility index (Phi) is 25.3. The van der Waals surface area contributed by atoms with Crippen molar-refractivity contribution in [3.8, 4) is 0 Å². The van der Waals surface area contributed by atoms with Gasteiger partial charge < -0.3 is 30.7 Å². The number of carbonyl (C=O) groups excluding carboxylic acids is 3. The number of carbonyl (C=O) groups is 3. The minimum absolute atomic E-state index is 0.00643. The Morgan fingerprint density at radius 3 is 1.70 bits per heavy atom. The van der Waals surface area contributed by atoms with Crippen LogP contribution in [0.2, 0.25) is 0 Å². The van der Waals surface area contributed by atoms with Gasteiger partial charge in [0.25, 0.3) is 0 Å². The molecule has 0 rings (SSSR count). The van der Waals surface area contributed by atoms with Crippen molar-refractivity contribution in [1.29, 1.82) is 0 Å². The van der Waals surface area contributed by atoms with Crippen LogP contribution < -0.4 is 16.0 Å². The van der Waals surface area contributed by atoms with Crippen LogP contribution in [0.15, 0.2) is 0 Å². The maximum atomic E-state index is 14.5. The Balaban J connectivity index is 4.97. The fourth-order valence-corrected chi connectivity index (χ4v) is 5.10. The van der Waals surface area contributed by atoms with E-state index in [1.807, 2.05) is 54.2 Å². The van der Waals surface area contributed by atoms with Gasteiger partial charge in [0.1, 0.15) is 6.04 Å². The van der Waals surface area contributed by atoms with E-state index < -0.39 is 6.04 Å². The average Bonchev–Trinajstić information content (AvgIpc) is 2.94. The molecule has 2 atom stereocenters. The molecule has 44 heavy (non-hydrogen) atoms. The molecule has 0 fully saturated rings. The van der Waals surface area contributed by atoms with Crippen LogP contribution in [0, 0.1) is 0 Å². The largest absolute Gasteiger partial charge is 0.356 e. The monoisotopic (exact) mass is 631 g/mol. The second kappa shape index (κ2) is 26.4. The number of nitrogens with one attached hydrogen (secondary N) is 3. The Morgan fingerprint density at radius 2 is 1.16 bits per heavy atom. The Morgan fingerprint density at radius 1 is 0.614 bits per heavy atom. The van der Waals surface area contributed by atoms with Gasteiger partial charge in [0.15, 0.2) is 0 Å². The molecule has 0 aliphatic carbocycles. The molecule has 0 aliphatic rings. The molecule has 0 radical (unpaired) electrons. The van der Waals surface area contributed by atoms with Gasteiger partial charge in [0, 0.05) is 39.6 Å². The number of nitrogens with zero attached hydrogens (tertiary/aromatic N) is 5. The molecule has 11 nitrogen and oxygen atoms in total. The standard InChI is InChI=1S/C32H67FN8O3/c1-34-21-13-11-19-29(40(8)33)32(44)41(26-16-22-35-30(42)20-10-9-14-24-37(2)3)27-17-23-36-31(43)28(39(6)7)18-12-15-25-38(4)5/h28-29,34H,9-27H2,1-8H3,(H,35,42)(H,36,43). The van der Waals surface area contributed by atoms with Gasteiger partial charge in [0.2, 0.25) is 17.7 Å². The molecule has 0 saturated carbocycles. The molecule has 0 spiro atoms. The summed E-state index contributed by atoms with van der Waals surface area (Å²) in [4.78, 5) is 46.6. The average molecular weight is 631 g/mol. The Bertz CT molecular complexity index is 755. The molecule has 3 amide bonds. The summed E-state index contributed by atoms with van der Waals surface area (Å²) >= 11 is 0. The van der Waals surface area contributed by atoms with Gasteiger partial charge in [-0.05, 0) is 127 Å². The molecule has 0 aromatic rings. The fraction of sp³-hybridized carbons (Fsp3) is 0.906. The number of amides is 3. The predicted molar refractivity (Wildman–Crippen MR) is 179 cm³/mol. The highest BCUT2D eigenvalue weighted by molar-refractivity contribution is 5.82. The van der Waals surface area contributed by atoms with E-state index in [-0.39, 0.29) is 23.8 Å². The zero-order valence-electron chi connectivity index (χ0n) is 29.4. The van der Waals surface area contributed by atoms with Crippen molar-refractivity contribution in [2.75, 3.05) is 102 Å². The Labute approximate surface area is 268 Å². The second-order valence-corrected chi connectivity index (χ2v) is 12.7. The van der Waals surface area contributed by atoms with Crippen LogP contribution in [0.4, 0.5) is 4.48 Å². The molecule has 0 aliphatic heterocycles. The maximum Gasteiger partial charge on any atom is 0.242 e. The minimum Gasteiger partial charge on any atom is -0.356 e. The number of hydrogen-bond acceptors (Lipinski definition) is 8. The van der Waals surface area contributed by atoms with E-state index in [0.29, 0.717) is 57.0 Å². The lowest BCUT2D eigenvalue weighted by Gasteiger charge is -2.29. The van der Waals surface area contributed by atoms with E-state index in [1.165, 1.54) is 7.05 Å². The fourth-order valence-electron chi connectivity index (χ4n) is 5.10.